The monoisotopic (exact) mass is 267 g/mol. The van der Waals surface area contributed by atoms with Gasteiger partial charge in [0, 0.05) is 32.2 Å². The molecule has 1 unspecified atom stereocenters. The van der Waals surface area contributed by atoms with Crippen LogP contribution in [-0.2, 0) is 6.54 Å². The average Bonchev–Trinajstić information content (AvgIpc) is 2.85. The number of rotatable bonds is 2. The zero-order valence-corrected chi connectivity index (χ0v) is 10.9. The lowest BCUT2D eigenvalue weighted by molar-refractivity contribution is 0.229. The van der Waals surface area contributed by atoms with Gasteiger partial charge < -0.3 is 10.6 Å². The first-order chi connectivity index (χ1) is 9.19. The van der Waals surface area contributed by atoms with Crippen LogP contribution in [0.3, 0.4) is 0 Å². The molecule has 0 saturated carbocycles. The van der Waals surface area contributed by atoms with Crippen LogP contribution in [0.25, 0.3) is 0 Å². The SMILES string of the molecule is NCc1cc(F)c(N2CCN3CCCC3C2)c(F)c1. The number of benzene rings is 1. The van der Waals surface area contributed by atoms with Gasteiger partial charge in [-0.3, -0.25) is 4.90 Å². The summed E-state index contributed by atoms with van der Waals surface area (Å²) in [6.45, 7) is 3.57. The summed E-state index contributed by atoms with van der Waals surface area (Å²) in [5.74, 6) is -0.987. The van der Waals surface area contributed by atoms with Gasteiger partial charge in [0.15, 0.2) is 0 Å². The maximum atomic E-state index is 14.1. The molecule has 1 aromatic rings. The second-order valence-electron chi connectivity index (χ2n) is 5.39. The van der Waals surface area contributed by atoms with Crippen LogP contribution >= 0.6 is 0 Å². The lowest BCUT2D eigenvalue weighted by atomic mass is 10.1. The summed E-state index contributed by atoms with van der Waals surface area (Å²) in [5, 5.41) is 0. The third kappa shape index (κ3) is 2.32. The molecule has 2 aliphatic rings. The molecule has 19 heavy (non-hydrogen) atoms. The van der Waals surface area contributed by atoms with Gasteiger partial charge in [-0.1, -0.05) is 0 Å². The molecule has 1 aromatic carbocycles. The van der Waals surface area contributed by atoms with Gasteiger partial charge in [0.25, 0.3) is 0 Å². The summed E-state index contributed by atoms with van der Waals surface area (Å²) in [4.78, 5) is 4.26. The summed E-state index contributed by atoms with van der Waals surface area (Å²) < 4.78 is 28.2. The first kappa shape index (κ1) is 12.8. The molecule has 2 saturated heterocycles. The van der Waals surface area contributed by atoms with Crippen LogP contribution in [0.1, 0.15) is 18.4 Å². The molecular weight excluding hydrogens is 248 g/mol. The highest BCUT2D eigenvalue weighted by molar-refractivity contribution is 5.51. The lowest BCUT2D eigenvalue weighted by Crippen LogP contribution is -2.50. The van der Waals surface area contributed by atoms with E-state index in [9.17, 15) is 8.78 Å². The predicted octanol–water partition coefficient (Wildman–Crippen LogP) is 1.71. The molecule has 2 fully saturated rings. The molecule has 3 rings (SSSR count). The van der Waals surface area contributed by atoms with Gasteiger partial charge in [0.1, 0.15) is 17.3 Å². The van der Waals surface area contributed by atoms with Gasteiger partial charge in [-0.05, 0) is 37.1 Å². The van der Waals surface area contributed by atoms with Crippen molar-refractivity contribution in [1.29, 1.82) is 0 Å². The summed E-state index contributed by atoms with van der Waals surface area (Å²) >= 11 is 0. The Labute approximate surface area is 112 Å². The zero-order valence-electron chi connectivity index (χ0n) is 10.9. The Morgan fingerprint density at radius 1 is 1.16 bits per heavy atom. The molecular formula is C14H19F2N3. The van der Waals surface area contributed by atoms with Crippen molar-refractivity contribution in [2.24, 2.45) is 5.73 Å². The van der Waals surface area contributed by atoms with Gasteiger partial charge in [-0.15, -0.1) is 0 Å². The van der Waals surface area contributed by atoms with Crippen molar-refractivity contribution in [3.8, 4) is 0 Å². The van der Waals surface area contributed by atoms with Crippen LogP contribution in [0.4, 0.5) is 14.5 Å². The summed E-state index contributed by atoms with van der Waals surface area (Å²) in [6, 6.07) is 3.14. The van der Waals surface area contributed by atoms with Crippen LogP contribution in [-0.4, -0.2) is 37.1 Å². The molecule has 0 aromatic heterocycles. The van der Waals surface area contributed by atoms with Crippen molar-refractivity contribution in [2.75, 3.05) is 31.1 Å². The largest absolute Gasteiger partial charge is 0.364 e. The quantitative estimate of drug-likeness (QED) is 0.885. The maximum absolute atomic E-state index is 14.1. The Morgan fingerprint density at radius 2 is 1.89 bits per heavy atom. The van der Waals surface area contributed by atoms with E-state index in [0.717, 1.165) is 26.1 Å². The van der Waals surface area contributed by atoms with Gasteiger partial charge >= 0.3 is 0 Å². The molecule has 5 heteroatoms. The van der Waals surface area contributed by atoms with Gasteiger partial charge in [0.2, 0.25) is 0 Å². The van der Waals surface area contributed by atoms with Crippen molar-refractivity contribution >= 4 is 5.69 Å². The molecule has 2 N–H and O–H groups in total. The second kappa shape index (κ2) is 5.06. The van der Waals surface area contributed by atoms with E-state index >= 15 is 0 Å². The number of anilines is 1. The van der Waals surface area contributed by atoms with E-state index in [2.05, 4.69) is 4.90 Å². The molecule has 0 spiro atoms. The van der Waals surface area contributed by atoms with Crippen LogP contribution in [0.15, 0.2) is 12.1 Å². The van der Waals surface area contributed by atoms with Crippen LogP contribution in [0, 0.1) is 11.6 Å². The first-order valence-electron chi connectivity index (χ1n) is 6.86. The standard InChI is InChI=1S/C14H19F2N3/c15-12-6-10(8-17)7-13(16)14(12)19-5-4-18-3-1-2-11(18)9-19/h6-7,11H,1-5,8-9,17H2. The fourth-order valence-corrected chi connectivity index (χ4v) is 3.23. The molecule has 3 nitrogen and oxygen atoms in total. The van der Waals surface area contributed by atoms with E-state index in [1.54, 1.807) is 0 Å². The highest BCUT2D eigenvalue weighted by Gasteiger charge is 2.32. The average molecular weight is 267 g/mol. The van der Waals surface area contributed by atoms with E-state index in [0.29, 0.717) is 18.2 Å². The minimum Gasteiger partial charge on any atom is -0.364 e. The predicted molar refractivity (Wildman–Crippen MR) is 71.1 cm³/mol. The number of fused-ring (bicyclic) bond motifs is 1. The fourth-order valence-electron chi connectivity index (χ4n) is 3.23. The Bertz CT molecular complexity index is 455. The minimum atomic E-state index is -0.494. The summed E-state index contributed by atoms with van der Waals surface area (Å²) in [7, 11) is 0. The van der Waals surface area contributed by atoms with Gasteiger partial charge in [-0.25, -0.2) is 8.78 Å². The molecule has 0 aliphatic carbocycles. The molecule has 2 heterocycles. The molecule has 104 valence electrons. The number of nitrogens with two attached hydrogens (primary N) is 1. The third-order valence-corrected chi connectivity index (χ3v) is 4.22. The van der Waals surface area contributed by atoms with Crippen LogP contribution in [0.2, 0.25) is 0 Å². The number of halogens is 2. The molecule has 0 radical (unpaired) electrons. The van der Waals surface area contributed by atoms with Crippen LogP contribution in [0.5, 0.6) is 0 Å². The van der Waals surface area contributed by atoms with Crippen molar-refractivity contribution in [3.05, 3.63) is 29.3 Å². The highest BCUT2D eigenvalue weighted by Crippen LogP contribution is 2.29. The molecule has 0 amide bonds. The first-order valence-corrected chi connectivity index (χ1v) is 6.86. The Balaban J connectivity index is 1.86. The number of nitrogens with zero attached hydrogens (tertiary/aromatic N) is 2. The van der Waals surface area contributed by atoms with E-state index in [1.165, 1.54) is 18.6 Å². The van der Waals surface area contributed by atoms with Crippen molar-refractivity contribution in [2.45, 2.75) is 25.4 Å². The molecule has 0 bridgehead atoms. The van der Waals surface area contributed by atoms with Gasteiger partial charge in [-0.2, -0.15) is 0 Å². The van der Waals surface area contributed by atoms with Crippen molar-refractivity contribution < 1.29 is 8.78 Å². The normalized spacial score (nSPS) is 23.7. The van der Waals surface area contributed by atoms with E-state index in [1.807, 2.05) is 4.90 Å². The Kier molecular flexibility index (Phi) is 3.41. The third-order valence-electron chi connectivity index (χ3n) is 4.22. The van der Waals surface area contributed by atoms with E-state index in [-0.39, 0.29) is 12.2 Å². The number of piperazine rings is 1. The topological polar surface area (TPSA) is 32.5 Å². The number of hydrogen-bond acceptors (Lipinski definition) is 3. The minimum absolute atomic E-state index is 0.115. The van der Waals surface area contributed by atoms with Crippen molar-refractivity contribution in [3.63, 3.8) is 0 Å². The summed E-state index contributed by atoms with van der Waals surface area (Å²) in [6.07, 6.45) is 2.32. The Morgan fingerprint density at radius 3 is 2.58 bits per heavy atom. The second-order valence-corrected chi connectivity index (χ2v) is 5.39. The maximum Gasteiger partial charge on any atom is 0.149 e. The lowest BCUT2D eigenvalue weighted by Gasteiger charge is -2.39. The summed E-state index contributed by atoms with van der Waals surface area (Å²) in [5.41, 5.74) is 6.05. The zero-order chi connectivity index (χ0) is 13.4. The Hall–Kier alpha value is -1.20. The molecule has 2 aliphatic heterocycles. The molecule has 1 atom stereocenters. The van der Waals surface area contributed by atoms with Gasteiger partial charge in [0.05, 0.1) is 0 Å². The smallest absolute Gasteiger partial charge is 0.149 e. The highest BCUT2D eigenvalue weighted by atomic mass is 19.1. The van der Waals surface area contributed by atoms with Crippen molar-refractivity contribution in [1.82, 2.24) is 4.90 Å². The fraction of sp³-hybridized carbons (Fsp3) is 0.571. The number of hydrogen-bond donors (Lipinski definition) is 1. The van der Waals surface area contributed by atoms with Crippen LogP contribution < -0.4 is 10.6 Å². The van der Waals surface area contributed by atoms with E-state index < -0.39 is 11.6 Å². The van der Waals surface area contributed by atoms with E-state index in [4.69, 9.17) is 5.73 Å².